The Kier molecular flexibility index (Phi) is 3.53. The third kappa shape index (κ3) is 2.03. The molecule has 0 saturated carbocycles. The molecular formula is C12H17F3O. The standard InChI is InChI=1S/C12H17F3O/c1-5-6-8(2)10-7-16-11(4,9(10)3)12(13,14)15/h5-6,9-10H,2,7H2,1,3-4H3/b6-5-/t9?,10?,11-/m1/s1. The number of alkyl halides is 3. The molecule has 0 aromatic heterocycles. The van der Waals surface area contributed by atoms with Crippen molar-refractivity contribution in [1.29, 1.82) is 0 Å². The Bertz CT molecular complexity index is 306. The van der Waals surface area contributed by atoms with Crippen LogP contribution < -0.4 is 0 Å². The third-order valence-electron chi connectivity index (χ3n) is 3.46. The molecule has 0 aromatic carbocycles. The molecule has 0 spiro atoms. The SMILES string of the molecule is C=C(/C=C\C)C1CO[C@@](C)(C(F)(F)F)C1C. The molecule has 92 valence electrons. The Hall–Kier alpha value is -0.770. The molecule has 0 aromatic rings. The van der Waals surface area contributed by atoms with Gasteiger partial charge in [-0.3, -0.25) is 0 Å². The summed E-state index contributed by atoms with van der Waals surface area (Å²) in [5.41, 5.74) is -1.36. The van der Waals surface area contributed by atoms with Crippen LogP contribution in [0.25, 0.3) is 0 Å². The monoisotopic (exact) mass is 234 g/mol. The topological polar surface area (TPSA) is 9.23 Å². The van der Waals surface area contributed by atoms with Gasteiger partial charge < -0.3 is 4.74 Å². The minimum atomic E-state index is -4.34. The maximum absolute atomic E-state index is 12.8. The first-order valence-corrected chi connectivity index (χ1v) is 5.26. The van der Waals surface area contributed by atoms with Crippen LogP contribution >= 0.6 is 0 Å². The van der Waals surface area contributed by atoms with E-state index < -0.39 is 17.7 Å². The van der Waals surface area contributed by atoms with Gasteiger partial charge in [-0.25, -0.2) is 0 Å². The molecule has 1 aliphatic rings. The summed E-state index contributed by atoms with van der Waals surface area (Å²) >= 11 is 0. The van der Waals surface area contributed by atoms with E-state index in [-0.39, 0.29) is 12.5 Å². The Morgan fingerprint density at radius 2 is 2.06 bits per heavy atom. The molecular weight excluding hydrogens is 217 g/mol. The van der Waals surface area contributed by atoms with Crippen LogP contribution in [-0.2, 0) is 4.74 Å². The van der Waals surface area contributed by atoms with E-state index in [1.807, 2.05) is 6.92 Å². The van der Waals surface area contributed by atoms with Crippen LogP contribution in [0.15, 0.2) is 24.3 Å². The highest BCUT2D eigenvalue weighted by atomic mass is 19.4. The van der Waals surface area contributed by atoms with E-state index in [1.165, 1.54) is 0 Å². The van der Waals surface area contributed by atoms with Crippen molar-refractivity contribution in [3.8, 4) is 0 Å². The first-order chi connectivity index (χ1) is 7.24. The predicted molar refractivity (Wildman–Crippen MR) is 57.0 cm³/mol. The van der Waals surface area contributed by atoms with Gasteiger partial charge in [-0.2, -0.15) is 13.2 Å². The van der Waals surface area contributed by atoms with Gasteiger partial charge in [0, 0.05) is 11.8 Å². The van der Waals surface area contributed by atoms with Gasteiger partial charge in [0.1, 0.15) is 0 Å². The van der Waals surface area contributed by atoms with Gasteiger partial charge in [-0.05, 0) is 19.4 Å². The van der Waals surface area contributed by atoms with E-state index in [4.69, 9.17) is 4.74 Å². The molecule has 0 bridgehead atoms. The van der Waals surface area contributed by atoms with Crippen molar-refractivity contribution >= 4 is 0 Å². The van der Waals surface area contributed by atoms with E-state index in [0.29, 0.717) is 5.57 Å². The lowest BCUT2D eigenvalue weighted by Crippen LogP contribution is -2.46. The second-order valence-electron chi connectivity index (χ2n) is 4.39. The van der Waals surface area contributed by atoms with Gasteiger partial charge in [0.05, 0.1) is 6.61 Å². The second-order valence-corrected chi connectivity index (χ2v) is 4.39. The maximum atomic E-state index is 12.8. The van der Waals surface area contributed by atoms with Gasteiger partial charge in [-0.15, -0.1) is 0 Å². The van der Waals surface area contributed by atoms with Crippen molar-refractivity contribution in [2.24, 2.45) is 11.8 Å². The fourth-order valence-electron chi connectivity index (χ4n) is 2.03. The van der Waals surface area contributed by atoms with E-state index in [1.54, 1.807) is 19.1 Å². The van der Waals surface area contributed by atoms with Crippen LogP contribution in [0.5, 0.6) is 0 Å². The van der Waals surface area contributed by atoms with Crippen molar-refractivity contribution in [1.82, 2.24) is 0 Å². The van der Waals surface area contributed by atoms with Crippen LogP contribution in [0.3, 0.4) is 0 Å². The number of halogens is 3. The zero-order valence-electron chi connectivity index (χ0n) is 9.77. The lowest BCUT2D eigenvalue weighted by molar-refractivity contribution is -0.266. The van der Waals surface area contributed by atoms with Gasteiger partial charge in [0.15, 0.2) is 5.60 Å². The first kappa shape index (κ1) is 13.3. The molecule has 1 rings (SSSR count). The Morgan fingerprint density at radius 3 is 2.44 bits per heavy atom. The van der Waals surface area contributed by atoms with Crippen LogP contribution in [0.4, 0.5) is 13.2 Å². The quantitative estimate of drug-likeness (QED) is 0.661. The molecule has 1 aliphatic heterocycles. The summed E-state index contributed by atoms with van der Waals surface area (Å²) in [5, 5.41) is 0. The minimum absolute atomic E-state index is 0.0837. The van der Waals surface area contributed by atoms with Crippen molar-refractivity contribution in [3.05, 3.63) is 24.3 Å². The third-order valence-corrected chi connectivity index (χ3v) is 3.46. The second kappa shape index (κ2) is 4.24. The van der Waals surface area contributed by atoms with Crippen molar-refractivity contribution in [2.45, 2.75) is 32.5 Å². The minimum Gasteiger partial charge on any atom is -0.365 e. The number of ether oxygens (including phenoxy) is 1. The first-order valence-electron chi connectivity index (χ1n) is 5.26. The molecule has 4 heteroatoms. The number of hydrogen-bond acceptors (Lipinski definition) is 1. The number of hydrogen-bond donors (Lipinski definition) is 0. The van der Waals surface area contributed by atoms with E-state index >= 15 is 0 Å². The number of allylic oxidation sites excluding steroid dienone is 2. The summed E-state index contributed by atoms with van der Waals surface area (Å²) in [4.78, 5) is 0. The number of rotatable bonds is 2. The highest BCUT2D eigenvalue weighted by Gasteiger charge is 2.61. The summed E-state index contributed by atoms with van der Waals surface area (Å²) in [7, 11) is 0. The van der Waals surface area contributed by atoms with Crippen LogP contribution in [0.1, 0.15) is 20.8 Å². The molecule has 1 heterocycles. The Balaban J connectivity index is 2.90. The predicted octanol–water partition coefficient (Wildman–Crippen LogP) is 3.72. The molecule has 1 nitrogen and oxygen atoms in total. The van der Waals surface area contributed by atoms with Gasteiger partial charge in [-0.1, -0.05) is 25.7 Å². The summed E-state index contributed by atoms with van der Waals surface area (Å²) in [6, 6.07) is 0. The molecule has 0 aliphatic carbocycles. The lowest BCUT2D eigenvalue weighted by atomic mass is 9.80. The highest BCUT2D eigenvalue weighted by molar-refractivity contribution is 5.21. The molecule has 1 saturated heterocycles. The lowest BCUT2D eigenvalue weighted by Gasteiger charge is -2.32. The van der Waals surface area contributed by atoms with E-state index in [2.05, 4.69) is 6.58 Å². The van der Waals surface area contributed by atoms with Crippen molar-refractivity contribution in [2.75, 3.05) is 6.61 Å². The fourth-order valence-corrected chi connectivity index (χ4v) is 2.03. The Morgan fingerprint density at radius 1 is 1.50 bits per heavy atom. The van der Waals surface area contributed by atoms with Gasteiger partial charge >= 0.3 is 6.18 Å². The summed E-state index contributed by atoms with van der Waals surface area (Å²) in [5.74, 6) is -0.876. The molecule has 0 N–H and O–H groups in total. The molecule has 1 fully saturated rings. The largest absolute Gasteiger partial charge is 0.417 e. The normalized spacial score (nSPS) is 35.9. The summed E-state index contributed by atoms with van der Waals surface area (Å²) < 4.78 is 43.5. The zero-order chi connectivity index (χ0) is 12.6. The summed E-state index contributed by atoms with van der Waals surface area (Å²) in [6.07, 6.45) is -0.817. The molecule has 3 atom stereocenters. The van der Waals surface area contributed by atoms with E-state index in [9.17, 15) is 13.2 Å². The average molecular weight is 234 g/mol. The van der Waals surface area contributed by atoms with Crippen molar-refractivity contribution < 1.29 is 17.9 Å². The molecule has 16 heavy (non-hydrogen) atoms. The smallest absolute Gasteiger partial charge is 0.365 e. The van der Waals surface area contributed by atoms with Gasteiger partial charge in [0.25, 0.3) is 0 Å². The fraction of sp³-hybridized carbons (Fsp3) is 0.667. The summed E-state index contributed by atoms with van der Waals surface area (Å²) in [6.45, 7) is 8.37. The van der Waals surface area contributed by atoms with Crippen molar-refractivity contribution in [3.63, 3.8) is 0 Å². The zero-order valence-corrected chi connectivity index (χ0v) is 9.77. The maximum Gasteiger partial charge on any atom is 0.417 e. The Labute approximate surface area is 94.0 Å². The molecule has 2 unspecified atom stereocenters. The van der Waals surface area contributed by atoms with E-state index in [0.717, 1.165) is 6.92 Å². The van der Waals surface area contributed by atoms with Crippen LogP contribution in [-0.4, -0.2) is 18.4 Å². The highest BCUT2D eigenvalue weighted by Crippen LogP contribution is 2.48. The molecule has 0 radical (unpaired) electrons. The van der Waals surface area contributed by atoms with Gasteiger partial charge in [0.2, 0.25) is 0 Å². The molecule has 0 amide bonds. The van der Waals surface area contributed by atoms with Crippen LogP contribution in [0, 0.1) is 11.8 Å². The van der Waals surface area contributed by atoms with Crippen LogP contribution in [0.2, 0.25) is 0 Å². The average Bonchev–Trinajstić information content (AvgIpc) is 2.44.